The molecule has 8 heteroatoms. The molecule has 1 saturated heterocycles. The Labute approximate surface area is 156 Å². The zero-order chi connectivity index (χ0) is 19.0. The standard InChI is InChI=1S/C19H22F2N4O2/c1-13-22-7-4-17(23-13)25-10-11-27-16-12-14(2-3-15(16)25)18(26)24-8-5-19(20,21)6-9-24/h2-4,7,12-13,23H,5-6,8-11H2,1H3. The van der Waals surface area contributed by atoms with Gasteiger partial charge < -0.3 is 19.9 Å². The second-order valence-corrected chi connectivity index (χ2v) is 7.00. The maximum absolute atomic E-state index is 13.3. The lowest BCUT2D eigenvalue weighted by atomic mass is 10.0. The van der Waals surface area contributed by atoms with Crippen molar-refractivity contribution in [3.8, 4) is 5.75 Å². The Bertz CT molecular complexity index is 799. The van der Waals surface area contributed by atoms with Gasteiger partial charge in [-0.1, -0.05) is 0 Å². The lowest BCUT2D eigenvalue weighted by molar-refractivity contribution is -0.0494. The lowest BCUT2D eigenvalue weighted by Crippen LogP contribution is -2.43. The predicted octanol–water partition coefficient (Wildman–Crippen LogP) is 2.62. The van der Waals surface area contributed by atoms with E-state index in [0.717, 1.165) is 11.5 Å². The van der Waals surface area contributed by atoms with Gasteiger partial charge in [0.2, 0.25) is 0 Å². The van der Waals surface area contributed by atoms with Gasteiger partial charge in [-0.25, -0.2) is 8.78 Å². The number of nitrogens with zero attached hydrogens (tertiary/aromatic N) is 3. The number of nitrogens with one attached hydrogen (secondary N) is 1. The molecule has 1 unspecified atom stereocenters. The fourth-order valence-corrected chi connectivity index (χ4v) is 3.53. The molecule has 3 aliphatic heterocycles. The van der Waals surface area contributed by atoms with Gasteiger partial charge in [-0.15, -0.1) is 0 Å². The first-order valence-electron chi connectivity index (χ1n) is 9.14. The van der Waals surface area contributed by atoms with Crippen LogP contribution >= 0.6 is 0 Å². The number of hydrogen-bond acceptors (Lipinski definition) is 5. The topological polar surface area (TPSA) is 57.2 Å². The molecular formula is C19H22F2N4O2. The van der Waals surface area contributed by atoms with Crippen LogP contribution in [0.1, 0.15) is 30.1 Å². The van der Waals surface area contributed by atoms with Crippen molar-refractivity contribution in [2.45, 2.75) is 31.9 Å². The zero-order valence-electron chi connectivity index (χ0n) is 15.1. The van der Waals surface area contributed by atoms with Crippen molar-refractivity contribution < 1.29 is 18.3 Å². The lowest BCUT2D eigenvalue weighted by Gasteiger charge is -2.35. The van der Waals surface area contributed by atoms with Crippen LogP contribution < -0.4 is 15.0 Å². The first-order chi connectivity index (χ1) is 12.9. The molecule has 1 atom stereocenters. The van der Waals surface area contributed by atoms with Crippen LogP contribution in [0.25, 0.3) is 0 Å². The molecule has 4 rings (SSSR count). The van der Waals surface area contributed by atoms with E-state index in [1.165, 1.54) is 4.90 Å². The number of benzene rings is 1. The Morgan fingerprint density at radius 3 is 2.81 bits per heavy atom. The summed E-state index contributed by atoms with van der Waals surface area (Å²) in [5, 5.41) is 3.31. The summed E-state index contributed by atoms with van der Waals surface area (Å²) >= 11 is 0. The number of likely N-dealkylation sites (tertiary alicyclic amines) is 1. The molecule has 1 amide bonds. The Morgan fingerprint density at radius 1 is 1.30 bits per heavy atom. The molecule has 1 fully saturated rings. The third-order valence-electron chi connectivity index (χ3n) is 5.04. The largest absolute Gasteiger partial charge is 0.490 e. The molecule has 0 radical (unpaired) electrons. The number of fused-ring (bicyclic) bond motifs is 1. The van der Waals surface area contributed by atoms with Crippen LogP contribution in [0.3, 0.4) is 0 Å². The van der Waals surface area contributed by atoms with Crippen molar-refractivity contribution in [2.75, 3.05) is 31.1 Å². The number of ether oxygens (including phenoxy) is 1. The molecule has 1 N–H and O–H groups in total. The van der Waals surface area contributed by atoms with E-state index in [2.05, 4.69) is 15.2 Å². The Hall–Kier alpha value is -2.64. The van der Waals surface area contributed by atoms with Gasteiger partial charge in [0.15, 0.2) is 0 Å². The number of amides is 1. The molecule has 0 aliphatic carbocycles. The van der Waals surface area contributed by atoms with Crippen molar-refractivity contribution in [2.24, 2.45) is 4.99 Å². The summed E-state index contributed by atoms with van der Waals surface area (Å²) in [6.07, 6.45) is 3.10. The SMILES string of the molecule is CC1N=CC=C(N2CCOc3cc(C(=O)N4CCC(F)(F)CC4)ccc32)N1. The van der Waals surface area contributed by atoms with E-state index in [0.29, 0.717) is 24.5 Å². The van der Waals surface area contributed by atoms with E-state index in [-0.39, 0.29) is 38.0 Å². The maximum atomic E-state index is 13.3. The smallest absolute Gasteiger partial charge is 0.253 e. The van der Waals surface area contributed by atoms with Crippen molar-refractivity contribution in [1.29, 1.82) is 0 Å². The highest BCUT2D eigenvalue weighted by Crippen LogP contribution is 2.35. The number of hydrogen-bond donors (Lipinski definition) is 1. The summed E-state index contributed by atoms with van der Waals surface area (Å²) in [6.45, 7) is 3.29. The summed E-state index contributed by atoms with van der Waals surface area (Å²) in [7, 11) is 0. The van der Waals surface area contributed by atoms with E-state index in [1.54, 1.807) is 18.3 Å². The molecule has 6 nitrogen and oxygen atoms in total. The quantitative estimate of drug-likeness (QED) is 0.862. The molecule has 27 heavy (non-hydrogen) atoms. The fraction of sp³-hybridized carbons (Fsp3) is 0.474. The molecule has 0 saturated carbocycles. The maximum Gasteiger partial charge on any atom is 0.253 e. The molecule has 0 spiro atoms. The van der Waals surface area contributed by atoms with Crippen LogP contribution in [0, 0.1) is 0 Å². The van der Waals surface area contributed by atoms with Crippen molar-refractivity contribution >= 4 is 17.8 Å². The Kier molecular flexibility index (Phi) is 4.49. The second kappa shape index (κ2) is 6.83. The summed E-state index contributed by atoms with van der Waals surface area (Å²) in [4.78, 5) is 20.5. The first kappa shape index (κ1) is 17.8. The van der Waals surface area contributed by atoms with Gasteiger partial charge in [-0.2, -0.15) is 0 Å². The van der Waals surface area contributed by atoms with E-state index >= 15 is 0 Å². The number of carbonyl (C=O) groups is 1. The minimum Gasteiger partial charge on any atom is -0.490 e. The second-order valence-electron chi connectivity index (χ2n) is 7.00. The number of anilines is 1. The summed E-state index contributed by atoms with van der Waals surface area (Å²) in [5.74, 6) is -1.35. The van der Waals surface area contributed by atoms with E-state index < -0.39 is 5.92 Å². The summed E-state index contributed by atoms with van der Waals surface area (Å²) in [6, 6.07) is 5.28. The minimum absolute atomic E-state index is 0.00521. The average Bonchev–Trinajstić information content (AvgIpc) is 2.66. The van der Waals surface area contributed by atoms with Gasteiger partial charge in [0.05, 0.1) is 12.2 Å². The van der Waals surface area contributed by atoms with Gasteiger partial charge in [0, 0.05) is 37.7 Å². The third-order valence-corrected chi connectivity index (χ3v) is 5.04. The third kappa shape index (κ3) is 3.61. The Balaban J connectivity index is 1.54. The highest BCUT2D eigenvalue weighted by molar-refractivity contribution is 5.95. The van der Waals surface area contributed by atoms with Crippen LogP contribution in [0.2, 0.25) is 0 Å². The zero-order valence-corrected chi connectivity index (χ0v) is 15.1. The predicted molar refractivity (Wildman–Crippen MR) is 98.5 cm³/mol. The Morgan fingerprint density at radius 2 is 2.07 bits per heavy atom. The number of halogens is 2. The van der Waals surface area contributed by atoms with Crippen molar-refractivity contribution in [3.05, 3.63) is 35.7 Å². The van der Waals surface area contributed by atoms with E-state index in [9.17, 15) is 13.6 Å². The van der Waals surface area contributed by atoms with Crippen LogP contribution in [0.4, 0.5) is 14.5 Å². The molecular weight excluding hydrogens is 354 g/mol. The highest BCUT2D eigenvalue weighted by atomic mass is 19.3. The fourth-order valence-electron chi connectivity index (χ4n) is 3.53. The highest BCUT2D eigenvalue weighted by Gasteiger charge is 2.36. The number of alkyl halides is 2. The van der Waals surface area contributed by atoms with E-state index in [4.69, 9.17) is 4.74 Å². The monoisotopic (exact) mass is 376 g/mol. The number of piperidine rings is 1. The van der Waals surface area contributed by atoms with Crippen molar-refractivity contribution in [3.63, 3.8) is 0 Å². The van der Waals surface area contributed by atoms with Crippen LogP contribution in [-0.2, 0) is 0 Å². The number of carbonyl (C=O) groups excluding carboxylic acids is 1. The number of rotatable bonds is 2. The van der Waals surface area contributed by atoms with Gasteiger partial charge in [-0.05, 0) is 31.2 Å². The van der Waals surface area contributed by atoms with E-state index in [1.807, 2.05) is 19.1 Å². The molecule has 1 aromatic rings. The first-order valence-corrected chi connectivity index (χ1v) is 9.14. The van der Waals surface area contributed by atoms with Crippen LogP contribution in [0.5, 0.6) is 5.75 Å². The molecule has 1 aromatic carbocycles. The van der Waals surface area contributed by atoms with Gasteiger partial charge in [-0.3, -0.25) is 9.79 Å². The molecule has 0 aromatic heterocycles. The number of aliphatic imine (C=N–C) groups is 1. The van der Waals surface area contributed by atoms with Gasteiger partial charge >= 0.3 is 0 Å². The molecule has 3 heterocycles. The van der Waals surface area contributed by atoms with Gasteiger partial charge in [0.1, 0.15) is 24.3 Å². The molecule has 144 valence electrons. The summed E-state index contributed by atoms with van der Waals surface area (Å²) < 4.78 is 32.4. The van der Waals surface area contributed by atoms with Crippen molar-refractivity contribution in [1.82, 2.24) is 10.2 Å². The molecule has 3 aliphatic rings. The van der Waals surface area contributed by atoms with Crippen LogP contribution in [0.15, 0.2) is 35.1 Å². The van der Waals surface area contributed by atoms with Gasteiger partial charge in [0.25, 0.3) is 11.8 Å². The normalized spacial score (nSPS) is 23.8. The minimum atomic E-state index is -2.67. The number of allylic oxidation sites excluding steroid dienone is 1. The van der Waals surface area contributed by atoms with Crippen LogP contribution in [-0.4, -0.2) is 55.4 Å². The average molecular weight is 376 g/mol. The summed E-state index contributed by atoms with van der Waals surface area (Å²) in [5.41, 5.74) is 1.32. The molecule has 0 bridgehead atoms.